The van der Waals surface area contributed by atoms with Crippen LogP contribution >= 0.6 is 7.37 Å². The minimum absolute atomic E-state index is 0.453. The molecule has 2 N–H and O–H groups in total. The van der Waals surface area contributed by atoms with Crippen LogP contribution in [-0.4, -0.2) is 56.5 Å². The topological polar surface area (TPSA) is 135 Å². The predicted octanol–water partition coefficient (Wildman–Crippen LogP) is 8.35. The Morgan fingerprint density at radius 3 is 0.929 bits per heavy atom. The van der Waals surface area contributed by atoms with Crippen LogP contribution in [0.4, 0.5) is 0 Å². The van der Waals surface area contributed by atoms with Gasteiger partial charge in [0.2, 0.25) is 7.37 Å². The summed E-state index contributed by atoms with van der Waals surface area (Å²) in [6.07, 6.45) is 0. The molecule has 0 aliphatic carbocycles. The summed E-state index contributed by atoms with van der Waals surface area (Å²) < 4.78 is 18.2. The number of nitrogens with one attached hydrogen (secondary N) is 2. The molecule has 6 aromatic carbocycles. The first-order valence-corrected chi connectivity index (χ1v) is 20.5. The van der Waals surface area contributed by atoms with E-state index in [0.717, 1.165) is 54.4 Å². The van der Waals surface area contributed by atoms with Crippen molar-refractivity contribution >= 4 is 78.7 Å². The summed E-state index contributed by atoms with van der Waals surface area (Å²) in [6, 6.07) is 51.0. The van der Waals surface area contributed by atoms with Gasteiger partial charge in [-0.25, -0.2) is 29.9 Å². The summed E-state index contributed by atoms with van der Waals surface area (Å²) >= 11 is 0.453. The minimum Gasteiger partial charge on any atom is -0.456 e. The van der Waals surface area contributed by atoms with Gasteiger partial charge < -0.3 is 13.5 Å². The number of fused-ring (bicyclic) bond motifs is 20. The van der Waals surface area contributed by atoms with E-state index in [1.807, 2.05) is 158 Å². The van der Waals surface area contributed by atoms with Crippen LogP contribution < -0.4 is 10.6 Å². The first-order valence-electron chi connectivity index (χ1n) is 18.0. The van der Waals surface area contributed by atoms with E-state index in [0.29, 0.717) is 62.5 Å². The van der Waals surface area contributed by atoms with Gasteiger partial charge in [-0.1, -0.05) is 133 Å². The third kappa shape index (κ3) is 5.82. The Bertz CT molecular complexity index is 2820. The van der Waals surface area contributed by atoms with E-state index in [2.05, 4.69) is 9.97 Å². The van der Waals surface area contributed by atoms with Crippen LogP contribution in [0.1, 0.15) is 0 Å². The van der Waals surface area contributed by atoms with Gasteiger partial charge in [0.05, 0.1) is 0 Å². The zero-order chi connectivity index (χ0) is 37.6. The molecule has 0 saturated carbocycles. The van der Waals surface area contributed by atoms with Crippen LogP contribution in [0.25, 0.3) is 89.7 Å². The number of rotatable bonds is 3. The first kappa shape index (κ1) is 33.9. The van der Waals surface area contributed by atoms with Crippen LogP contribution in [0.3, 0.4) is 0 Å². The summed E-state index contributed by atoms with van der Waals surface area (Å²) in [7, 11) is -2.84. The van der Waals surface area contributed by atoms with Crippen molar-refractivity contribution in [2.75, 3.05) is 0 Å². The molecule has 56 heavy (non-hydrogen) atoms. The van der Waals surface area contributed by atoms with Crippen molar-refractivity contribution in [2.45, 2.75) is 0 Å². The molecule has 0 atom stereocenters. The van der Waals surface area contributed by atoms with Crippen molar-refractivity contribution in [3.63, 3.8) is 0 Å². The smallest absolute Gasteiger partial charge is 0.420 e. The lowest BCUT2D eigenvalue weighted by molar-refractivity contribution is 0.523. The number of aromatic nitrogens is 8. The lowest BCUT2D eigenvalue weighted by atomic mass is 10.1. The fourth-order valence-corrected chi connectivity index (χ4v) is 10.3. The standard InChI is InChI=1S/C32H18N8.C12H11O2P.Al.2H/c1-2-10-18-17(9-1)25-33-26(18)38-28-21-13-5-6-14-22(21)30(35-28)40-32-24-16-8-7-15-23(24)31(36-32)39-29-20-12-4-3-11-19(20)27(34-29)37-25;13-15(14,11-7-3-1-4-8-11)12-9-5-2-6-10-12;;;/h1-16H,(H2,33,34,35,36,37,38,39,40);1-10H,(H,13,14);;;/q;;+1;;/p-1. The number of H-pyrrole nitrogens is 2. The average Bonchev–Trinajstić information content (AvgIpc) is 4.00. The van der Waals surface area contributed by atoms with E-state index in [-0.39, 0.29) is 0 Å². The first-order chi connectivity index (χ1) is 27.6. The Labute approximate surface area is 328 Å². The van der Waals surface area contributed by atoms with Gasteiger partial charge in [0.1, 0.15) is 22.6 Å². The summed E-state index contributed by atoms with van der Waals surface area (Å²) in [5.41, 5.74) is 6.45. The van der Waals surface area contributed by atoms with Crippen molar-refractivity contribution in [3.05, 3.63) is 158 Å². The van der Waals surface area contributed by atoms with Crippen LogP contribution in [0.5, 0.6) is 0 Å². The second-order valence-electron chi connectivity index (χ2n) is 13.2. The van der Waals surface area contributed by atoms with Crippen molar-refractivity contribution in [3.8, 4) is 45.6 Å². The summed E-state index contributed by atoms with van der Waals surface area (Å²) in [4.78, 5) is 36.8. The highest BCUT2D eigenvalue weighted by Gasteiger charge is 2.25. The molecule has 3 aromatic heterocycles. The molecule has 0 amide bonds. The van der Waals surface area contributed by atoms with E-state index >= 15 is 0 Å². The zero-order valence-corrected chi connectivity index (χ0v) is 32.9. The Kier molecular flexibility index (Phi) is 8.43. The lowest BCUT2D eigenvalue weighted by Crippen LogP contribution is -2.17. The van der Waals surface area contributed by atoms with Crippen LogP contribution in [0.2, 0.25) is 0 Å². The number of hydrogen-bond acceptors (Lipinski definition) is 8. The highest BCUT2D eigenvalue weighted by molar-refractivity contribution is 7.75. The molecule has 5 heterocycles. The highest BCUT2D eigenvalue weighted by atomic mass is 31.2. The molecule has 0 spiro atoms. The van der Waals surface area contributed by atoms with Gasteiger partial charge in [0.15, 0.2) is 23.3 Å². The lowest BCUT2D eigenvalue weighted by Gasteiger charge is -2.18. The maximum atomic E-state index is 12.8. The molecule has 0 radical (unpaired) electrons. The Hall–Kier alpha value is -6.60. The number of aromatic amines is 2. The fraction of sp³-hybridized carbons (Fsp3) is 0. The highest BCUT2D eigenvalue weighted by Crippen LogP contribution is 2.43. The molecule has 8 bridgehead atoms. The summed E-state index contributed by atoms with van der Waals surface area (Å²) in [5.74, 6) is 2.39. The molecular formula is C44H30AlN8O2P. The molecule has 0 unspecified atom stereocenters. The Morgan fingerprint density at radius 2 is 0.643 bits per heavy atom. The molecule has 0 fully saturated rings. The Balaban J connectivity index is 0.000000202. The molecule has 2 aliphatic heterocycles. The van der Waals surface area contributed by atoms with E-state index < -0.39 is 7.37 Å². The van der Waals surface area contributed by atoms with Gasteiger partial charge in [0.25, 0.3) is 0 Å². The molecule has 10 nitrogen and oxygen atoms in total. The van der Waals surface area contributed by atoms with Crippen molar-refractivity contribution in [1.82, 2.24) is 39.9 Å². The maximum absolute atomic E-state index is 12.8. The SMILES string of the molecule is O=P([O][AlH2])(c1ccccc1)c1ccccc1.c1ccc2c(c1)-c1nc-2nc2[nH]c(nc3nc(nc4[nH]c(n1)c1ccccc41)-c1ccccc1-3)c1ccccc21. The molecule has 266 valence electrons. The number of benzene rings is 6. The second-order valence-corrected chi connectivity index (χ2v) is 16.8. The van der Waals surface area contributed by atoms with Crippen molar-refractivity contribution < 1.29 is 8.14 Å². The number of nitrogens with zero attached hydrogens (tertiary/aromatic N) is 6. The van der Waals surface area contributed by atoms with Crippen molar-refractivity contribution in [2.24, 2.45) is 0 Å². The van der Waals surface area contributed by atoms with Gasteiger partial charge in [-0.05, 0) is 24.3 Å². The fourth-order valence-electron chi connectivity index (χ4n) is 7.20. The summed E-state index contributed by atoms with van der Waals surface area (Å²) in [5, 5.41) is 5.34. The molecular weight excluding hydrogens is 730 g/mol. The molecule has 2 aliphatic rings. The molecule has 11 rings (SSSR count). The predicted molar refractivity (Wildman–Crippen MR) is 225 cm³/mol. The average molecular weight is 761 g/mol. The Morgan fingerprint density at radius 1 is 0.375 bits per heavy atom. The monoisotopic (exact) mass is 760 g/mol. The molecule has 9 aromatic rings. The second kappa shape index (κ2) is 13.9. The van der Waals surface area contributed by atoms with E-state index in [1.165, 1.54) is 0 Å². The van der Waals surface area contributed by atoms with Crippen LogP contribution in [0.15, 0.2) is 158 Å². The van der Waals surface area contributed by atoms with E-state index in [1.54, 1.807) is 0 Å². The van der Waals surface area contributed by atoms with Crippen molar-refractivity contribution in [1.29, 1.82) is 0 Å². The van der Waals surface area contributed by atoms with Gasteiger partial charge >= 0.3 is 16.6 Å². The van der Waals surface area contributed by atoms with Crippen LogP contribution in [0, 0.1) is 0 Å². The van der Waals surface area contributed by atoms with Crippen LogP contribution in [-0.2, 0) is 8.14 Å². The zero-order valence-electron chi connectivity index (χ0n) is 30.0. The van der Waals surface area contributed by atoms with Gasteiger partial charge in [-0.15, -0.1) is 0 Å². The number of hydrogen-bond donors (Lipinski definition) is 2. The van der Waals surface area contributed by atoms with Gasteiger partial charge in [-0.2, -0.15) is 0 Å². The third-order valence-corrected chi connectivity index (χ3v) is 13.9. The summed E-state index contributed by atoms with van der Waals surface area (Å²) in [6.45, 7) is 0. The third-order valence-electron chi connectivity index (χ3n) is 9.91. The quantitative estimate of drug-likeness (QED) is 0.136. The maximum Gasteiger partial charge on any atom is 0.420 e. The van der Waals surface area contributed by atoms with E-state index in [9.17, 15) is 4.57 Å². The van der Waals surface area contributed by atoms with Gasteiger partial charge in [0, 0.05) is 54.4 Å². The molecule has 12 heteroatoms. The minimum atomic E-state index is -2.84. The largest absolute Gasteiger partial charge is 0.456 e. The van der Waals surface area contributed by atoms with Gasteiger partial charge in [-0.3, -0.25) is 4.57 Å². The normalized spacial score (nSPS) is 11.8. The van der Waals surface area contributed by atoms with E-state index in [4.69, 9.17) is 33.5 Å². The molecule has 0 saturated heterocycles.